The van der Waals surface area contributed by atoms with Crippen LogP contribution in [-0.2, 0) is 25.5 Å². The summed E-state index contributed by atoms with van der Waals surface area (Å²) in [5.74, 6) is -2.23. The van der Waals surface area contributed by atoms with E-state index in [9.17, 15) is 24.6 Å². The molecule has 1 aliphatic heterocycles. The molecule has 1 unspecified atom stereocenters. The molecule has 9 heteroatoms. The van der Waals surface area contributed by atoms with E-state index >= 15 is 0 Å². The first kappa shape index (κ1) is 24.8. The highest BCUT2D eigenvalue weighted by Gasteiger charge is 2.47. The van der Waals surface area contributed by atoms with E-state index in [1.807, 2.05) is 0 Å². The Balaban J connectivity index is 1.88. The lowest BCUT2D eigenvalue weighted by Gasteiger charge is -2.25. The molecule has 8 nitrogen and oxygen atoms in total. The van der Waals surface area contributed by atoms with Crippen molar-refractivity contribution in [1.82, 2.24) is 0 Å². The largest absolute Gasteiger partial charge is 0.508 e. The zero-order valence-electron chi connectivity index (χ0n) is 19.4. The Morgan fingerprint density at radius 1 is 1.00 bits per heavy atom. The maximum absolute atomic E-state index is 13.3. The quantitative estimate of drug-likeness (QED) is 0.220. The fourth-order valence-corrected chi connectivity index (χ4v) is 4.25. The number of esters is 1. The first-order chi connectivity index (χ1) is 17.2. The number of anilines is 1. The standard InChI is InChI=1S/C27H22ClNO7/c1-35-19-11-12-21(28)20(14-19)25(32)23-24(16-5-9-18(30)10-6-16)29(27(34)26(23)33)17-7-3-15(4-8-17)13-22(31)36-2/h3-12,14,24,30,32H,13H2,1-2H3/b25-23+. The number of aliphatic hydroxyl groups excluding tert-OH is 1. The summed E-state index contributed by atoms with van der Waals surface area (Å²) < 4.78 is 9.90. The molecule has 4 rings (SSSR count). The van der Waals surface area contributed by atoms with Crippen LogP contribution in [-0.4, -0.2) is 42.1 Å². The Hall–Kier alpha value is -4.30. The van der Waals surface area contributed by atoms with E-state index in [0.717, 1.165) is 0 Å². The molecule has 0 bridgehead atoms. The SMILES string of the molecule is COC(=O)Cc1ccc(N2C(=O)C(=O)/C(=C(/O)c3cc(OC)ccc3Cl)C2c2ccc(O)cc2)cc1. The number of aromatic hydroxyl groups is 1. The molecular weight excluding hydrogens is 486 g/mol. The number of aliphatic hydroxyl groups is 1. The average Bonchev–Trinajstić information content (AvgIpc) is 3.15. The molecule has 1 atom stereocenters. The van der Waals surface area contributed by atoms with Gasteiger partial charge in [0.1, 0.15) is 17.3 Å². The first-order valence-electron chi connectivity index (χ1n) is 10.8. The third-order valence-electron chi connectivity index (χ3n) is 5.87. The summed E-state index contributed by atoms with van der Waals surface area (Å²) in [7, 11) is 2.74. The van der Waals surface area contributed by atoms with E-state index in [4.69, 9.17) is 16.3 Å². The number of ketones is 1. The summed E-state index contributed by atoms with van der Waals surface area (Å²) >= 11 is 6.32. The zero-order valence-corrected chi connectivity index (χ0v) is 20.2. The van der Waals surface area contributed by atoms with Crippen molar-refractivity contribution >= 4 is 40.7 Å². The van der Waals surface area contributed by atoms with Crippen LogP contribution in [0.3, 0.4) is 0 Å². The van der Waals surface area contributed by atoms with Crippen molar-refractivity contribution in [2.45, 2.75) is 12.5 Å². The van der Waals surface area contributed by atoms with Gasteiger partial charge in [0.15, 0.2) is 0 Å². The first-order valence-corrected chi connectivity index (χ1v) is 11.2. The number of rotatable bonds is 6. The number of nitrogens with zero attached hydrogens (tertiary/aromatic N) is 1. The van der Waals surface area contributed by atoms with Crippen molar-refractivity contribution in [3.8, 4) is 11.5 Å². The maximum atomic E-state index is 13.3. The minimum atomic E-state index is -1.01. The van der Waals surface area contributed by atoms with Gasteiger partial charge in [0.25, 0.3) is 11.7 Å². The number of ether oxygens (including phenoxy) is 2. The number of hydrogen-bond donors (Lipinski definition) is 2. The molecule has 184 valence electrons. The summed E-state index contributed by atoms with van der Waals surface area (Å²) in [4.78, 5) is 39.4. The van der Waals surface area contributed by atoms with Crippen LogP contribution in [0.25, 0.3) is 5.76 Å². The lowest BCUT2D eigenvalue weighted by atomic mass is 9.95. The molecule has 36 heavy (non-hydrogen) atoms. The molecule has 2 N–H and O–H groups in total. The van der Waals surface area contributed by atoms with Crippen molar-refractivity contribution < 1.29 is 34.1 Å². The number of carbonyl (C=O) groups excluding carboxylic acids is 3. The molecule has 0 aliphatic carbocycles. The molecule has 1 heterocycles. The topological polar surface area (TPSA) is 113 Å². The van der Waals surface area contributed by atoms with Crippen LogP contribution >= 0.6 is 11.6 Å². The van der Waals surface area contributed by atoms with Gasteiger partial charge in [-0.05, 0) is 53.6 Å². The van der Waals surface area contributed by atoms with Crippen molar-refractivity contribution in [2.24, 2.45) is 0 Å². The summed E-state index contributed by atoms with van der Waals surface area (Å²) in [6.45, 7) is 0. The third kappa shape index (κ3) is 4.63. The number of carbonyl (C=O) groups is 3. The molecule has 3 aromatic carbocycles. The van der Waals surface area contributed by atoms with Gasteiger partial charge < -0.3 is 19.7 Å². The van der Waals surface area contributed by atoms with E-state index in [1.54, 1.807) is 42.5 Å². The molecule has 0 spiro atoms. The molecule has 0 radical (unpaired) electrons. The normalized spacial score (nSPS) is 16.8. The number of benzene rings is 3. The van der Waals surface area contributed by atoms with E-state index in [2.05, 4.69) is 4.74 Å². The average molecular weight is 508 g/mol. The summed E-state index contributed by atoms with van der Waals surface area (Å²) in [5.41, 5.74) is 1.48. The zero-order chi connectivity index (χ0) is 26.0. The van der Waals surface area contributed by atoms with Crippen LogP contribution < -0.4 is 9.64 Å². The van der Waals surface area contributed by atoms with Crippen LogP contribution in [0.1, 0.15) is 22.7 Å². The van der Waals surface area contributed by atoms with Crippen LogP contribution in [0.15, 0.2) is 72.3 Å². The molecular formula is C27H22ClNO7. The second-order valence-electron chi connectivity index (χ2n) is 8.03. The van der Waals surface area contributed by atoms with Crippen LogP contribution in [0, 0.1) is 0 Å². The Morgan fingerprint density at radius 2 is 1.67 bits per heavy atom. The van der Waals surface area contributed by atoms with Crippen LogP contribution in [0.4, 0.5) is 5.69 Å². The monoisotopic (exact) mass is 507 g/mol. The lowest BCUT2D eigenvalue weighted by Crippen LogP contribution is -2.29. The highest BCUT2D eigenvalue weighted by molar-refractivity contribution is 6.52. The van der Waals surface area contributed by atoms with Crippen LogP contribution in [0.2, 0.25) is 5.02 Å². The second-order valence-corrected chi connectivity index (χ2v) is 8.43. The Labute approximate surface area is 211 Å². The Morgan fingerprint density at radius 3 is 2.28 bits per heavy atom. The molecule has 3 aromatic rings. The van der Waals surface area contributed by atoms with Gasteiger partial charge in [-0.3, -0.25) is 19.3 Å². The van der Waals surface area contributed by atoms with Crippen molar-refractivity contribution in [3.05, 3.63) is 94.0 Å². The van der Waals surface area contributed by atoms with E-state index in [1.165, 1.54) is 43.4 Å². The number of Topliss-reactive ketones (excluding diaryl/α,β-unsaturated/α-hetero) is 1. The fraction of sp³-hybridized carbons (Fsp3) is 0.148. The van der Waals surface area contributed by atoms with Crippen molar-refractivity contribution in [3.63, 3.8) is 0 Å². The maximum Gasteiger partial charge on any atom is 0.309 e. The highest BCUT2D eigenvalue weighted by Crippen LogP contribution is 2.43. The third-order valence-corrected chi connectivity index (χ3v) is 6.20. The fourth-order valence-electron chi connectivity index (χ4n) is 4.04. The van der Waals surface area contributed by atoms with Gasteiger partial charge in [-0.2, -0.15) is 0 Å². The molecule has 1 fully saturated rings. The number of amides is 1. The predicted octanol–water partition coefficient (Wildman–Crippen LogP) is 4.40. The molecule has 0 saturated carbocycles. The van der Waals surface area contributed by atoms with Crippen molar-refractivity contribution in [2.75, 3.05) is 19.1 Å². The van der Waals surface area contributed by atoms with E-state index < -0.39 is 29.5 Å². The minimum Gasteiger partial charge on any atom is -0.508 e. The molecule has 1 amide bonds. The summed E-state index contributed by atoms with van der Waals surface area (Å²) in [6.07, 6.45) is 0.0470. The van der Waals surface area contributed by atoms with Crippen LogP contribution in [0.5, 0.6) is 11.5 Å². The van der Waals surface area contributed by atoms with Gasteiger partial charge in [-0.15, -0.1) is 0 Å². The van der Waals surface area contributed by atoms with Gasteiger partial charge in [-0.1, -0.05) is 35.9 Å². The molecule has 1 saturated heterocycles. The minimum absolute atomic E-state index is 0.00120. The van der Waals surface area contributed by atoms with Crippen molar-refractivity contribution in [1.29, 1.82) is 0 Å². The second kappa shape index (κ2) is 10.1. The Bertz CT molecular complexity index is 1360. The van der Waals surface area contributed by atoms with E-state index in [0.29, 0.717) is 22.6 Å². The van der Waals surface area contributed by atoms with Gasteiger partial charge in [-0.25, -0.2) is 0 Å². The van der Waals surface area contributed by atoms with Gasteiger partial charge in [0, 0.05) is 11.3 Å². The highest BCUT2D eigenvalue weighted by atomic mass is 35.5. The van der Waals surface area contributed by atoms with Gasteiger partial charge in [0.2, 0.25) is 0 Å². The van der Waals surface area contributed by atoms with Gasteiger partial charge in [0.05, 0.1) is 37.3 Å². The van der Waals surface area contributed by atoms with Gasteiger partial charge >= 0.3 is 5.97 Å². The molecule has 1 aliphatic rings. The lowest BCUT2D eigenvalue weighted by molar-refractivity contribution is -0.139. The number of methoxy groups -OCH3 is 2. The number of hydrogen-bond acceptors (Lipinski definition) is 7. The number of phenols is 1. The van der Waals surface area contributed by atoms with E-state index in [-0.39, 0.29) is 28.3 Å². The Kier molecular flexibility index (Phi) is 6.98. The predicted molar refractivity (Wildman–Crippen MR) is 133 cm³/mol. The molecule has 0 aromatic heterocycles. The summed E-state index contributed by atoms with van der Waals surface area (Å²) in [6, 6.07) is 16.1. The number of phenolic OH excluding ortho intramolecular Hbond substituents is 1. The smallest absolute Gasteiger partial charge is 0.309 e. The summed E-state index contributed by atoms with van der Waals surface area (Å²) in [5, 5.41) is 21.2. The number of halogens is 1.